The van der Waals surface area contributed by atoms with Gasteiger partial charge in [-0.1, -0.05) is 32.1 Å². The van der Waals surface area contributed by atoms with Crippen molar-refractivity contribution in [2.75, 3.05) is 13.1 Å². The Bertz CT molecular complexity index is 1230. The third-order valence-corrected chi connectivity index (χ3v) is 12.7. The summed E-state index contributed by atoms with van der Waals surface area (Å²) in [7, 11) is 0. The standard InChI is InChI=1S/C37H57N3O6/c1-6-23(4)35(43)46-36(5)14-7-8-29(37(36)20-25-16-24-10-12-34(42)44-30(24)19-31(25)45-37)28-18-32(38)39-21-26(28)17-33(41)40-15-13-27(40)11-9-22(2)3/h6-8,22,24-32,39H,9-21,38H2,1-5H3/p+1. The molecule has 2 aliphatic carbocycles. The lowest BCUT2D eigenvalue weighted by Gasteiger charge is -2.54. The van der Waals surface area contributed by atoms with Crippen LogP contribution >= 0.6 is 0 Å². The fraction of sp³-hybridized carbons (Fsp3) is 0.811. The van der Waals surface area contributed by atoms with Gasteiger partial charge in [-0.15, -0.1) is 0 Å². The Morgan fingerprint density at radius 1 is 1.20 bits per heavy atom. The molecule has 0 bridgehead atoms. The Labute approximate surface area is 275 Å². The number of amides is 1. The fourth-order valence-electron chi connectivity index (χ4n) is 9.79. The monoisotopic (exact) mass is 640 g/mol. The van der Waals surface area contributed by atoms with Crippen molar-refractivity contribution in [2.24, 2.45) is 41.2 Å². The topological polar surface area (TPSA) is 125 Å². The molecule has 1 spiro atoms. The van der Waals surface area contributed by atoms with Crippen LogP contribution in [0.15, 0.2) is 23.8 Å². The predicted molar refractivity (Wildman–Crippen MR) is 174 cm³/mol. The highest BCUT2D eigenvalue weighted by Crippen LogP contribution is 2.59. The zero-order chi connectivity index (χ0) is 32.8. The van der Waals surface area contributed by atoms with Gasteiger partial charge in [0.2, 0.25) is 5.91 Å². The molecule has 11 unspecified atom stereocenters. The highest BCUT2D eigenvalue weighted by molar-refractivity contribution is 5.88. The first-order valence-corrected chi connectivity index (χ1v) is 18.2. The van der Waals surface area contributed by atoms with E-state index in [9.17, 15) is 14.4 Å². The average Bonchev–Trinajstić information content (AvgIpc) is 3.36. The van der Waals surface area contributed by atoms with Gasteiger partial charge in [0.15, 0.2) is 0 Å². The number of allylic oxidation sites excluding steroid dienone is 1. The Morgan fingerprint density at radius 3 is 2.72 bits per heavy atom. The van der Waals surface area contributed by atoms with Crippen molar-refractivity contribution in [1.29, 1.82) is 0 Å². The van der Waals surface area contributed by atoms with Gasteiger partial charge in [-0.25, -0.2) is 4.79 Å². The van der Waals surface area contributed by atoms with Gasteiger partial charge in [-0.2, -0.15) is 0 Å². The smallest absolute Gasteiger partial charge is 0.334 e. The molecule has 46 heavy (non-hydrogen) atoms. The van der Waals surface area contributed by atoms with Crippen molar-refractivity contribution in [3.05, 3.63) is 23.8 Å². The van der Waals surface area contributed by atoms with Gasteiger partial charge in [-0.05, 0) is 83.0 Å². The molecular formula is C37H58N3O6+. The van der Waals surface area contributed by atoms with Crippen molar-refractivity contribution >= 4 is 17.8 Å². The predicted octanol–water partition coefficient (Wildman–Crippen LogP) is 4.00. The molecule has 1 amide bonds. The van der Waals surface area contributed by atoms with E-state index in [0.29, 0.717) is 55.1 Å². The van der Waals surface area contributed by atoms with Crippen molar-refractivity contribution in [3.63, 3.8) is 0 Å². The quantitative estimate of drug-likeness (QED) is 0.234. The minimum absolute atomic E-state index is 0.0587. The molecule has 6 aliphatic rings. The van der Waals surface area contributed by atoms with Crippen molar-refractivity contribution in [2.45, 2.75) is 141 Å². The van der Waals surface area contributed by atoms with Crippen LogP contribution in [0, 0.1) is 35.5 Å². The number of fused-ring (bicyclic) bond motifs is 2. The SMILES string of the molecule is CC=C(C)C(=O)OC1(C)CC=CC(C2CC(N)[NH2+]CC2CC(=O)N2CCC2CCC(C)C)C12CC1CC3CCC(=O)OC3CC1O2. The van der Waals surface area contributed by atoms with Crippen LogP contribution in [0.5, 0.6) is 0 Å². The van der Waals surface area contributed by atoms with Crippen LogP contribution < -0.4 is 11.1 Å². The van der Waals surface area contributed by atoms with E-state index in [1.165, 1.54) is 0 Å². The number of piperidine rings is 1. The first-order chi connectivity index (χ1) is 21.9. The van der Waals surface area contributed by atoms with Crippen LogP contribution in [0.3, 0.4) is 0 Å². The summed E-state index contributed by atoms with van der Waals surface area (Å²) in [5, 5.41) is 2.20. The maximum Gasteiger partial charge on any atom is 0.334 e. The summed E-state index contributed by atoms with van der Waals surface area (Å²) in [6, 6.07) is 0.362. The second-order valence-electron chi connectivity index (χ2n) is 16.1. The van der Waals surface area contributed by atoms with E-state index < -0.39 is 11.2 Å². The molecule has 0 radical (unpaired) electrons. The van der Waals surface area contributed by atoms with Crippen LogP contribution in [0.4, 0.5) is 0 Å². The summed E-state index contributed by atoms with van der Waals surface area (Å²) >= 11 is 0. The number of quaternary nitrogens is 1. The van der Waals surface area contributed by atoms with E-state index in [-0.39, 0.29) is 54.0 Å². The molecule has 9 heteroatoms. The summed E-state index contributed by atoms with van der Waals surface area (Å²) in [6.07, 6.45) is 14.9. The first kappa shape index (κ1) is 33.7. The van der Waals surface area contributed by atoms with Gasteiger partial charge in [-0.3, -0.25) is 15.3 Å². The van der Waals surface area contributed by atoms with Crippen LogP contribution in [-0.4, -0.2) is 71.5 Å². The zero-order valence-electron chi connectivity index (χ0n) is 28.7. The van der Waals surface area contributed by atoms with E-state index in [1.807, 2.05) is 6.92 Å². The molecule has 9 nitrogen and oxygen atoms in total. The second-order valence-corrected chi connectivity index (χ2v) is 16.1. The molecule has 0 aromatic carbocycles. The van der Waals surface area contributed by atoms with E-state index in [4.69, 9.17) is 19.9 Å². The Morgan fingerprint density at radius 2 is 2.00 bits per heavy atom. The Kier molecular flexibility index (Phi) is 9.77. The van der Waals surface area contributed by atoms with Gasteiger partial charge in [0.25, 0.3) is 0 Å². The van der Waals surface area contributed by atoms with Crippen LogP contribution in [0.1, 0.15) is 105 Å². The molecule has 256 valence electrons. The summed E-state index contributed by atoms with van der Waals surface area (Å²) < 4.78 is 19.7. The first-order valence-electron chi connectivity index (χ1n) is 18.2. The molecule has 6 rings (SSSR count). The molecule has 5 fully saturated rings. The summed E-state index contributed by atoms with van der Waals surface area (Å²) in [5.41, 5.74) is 5.57. The third-order valence-electron chi connectivity index (χ3n) is 12.7. The molecule has 11 atom stereocenters. The van der Waals surface area contributed by atoms with Gasteiger partial charge in [0, 0.05) is 62.1 Å². The lowest BCUT2D eigenvalue weighted by molar-refractivity contribution is -0.706. The third kappa shape index (κ3) is 6.33. The van der Waals surface area contributed by atoms with E-state index in [0.717, 1.165) is 58.0 Å². The number of ether oxygens (including phenoxy) is 3. The molecule has 1 saturated carbocycles. The van der Waals surface area contributed by atoms with E-state index >= 15 is 0 Å². The number of hydrogen-bond acceptors (Lipinski definition) is 7. The van der Waals surface area contributed by atoms with E-state index in [2.05, 4.69) is 43.1 Å². The van der Waals surface area contributed by atoms with Crippen LogP contribution in [-0.2, 0) is 28.6 Å². The number of carbonyl (C=O) groups excluding carboxylic acids is 3. The Balaban J connectivity index is 1.30. The van der Waals surface area contributed by atoms with Crippen LogP contribution in [0.2, 0.25) is 0 Å². The minimum atomic E-state index is -0.897. The number of likely N-dealkylation sites (tertiary alicyclic amines) is 1. The number of nitrogens with zero attached hydrogens (tertiary/aromatic N) is 1. The molecule has 4 N–H and O–H groups in total. The van der Waals surface area contributed by atoms with Gasteiger partial charge >= 0.3 is 11.9 Å². The number of hydrogen-bond donors (Lipinski definition) is 2. The molecule has 4 heterocycles. The lowest BCUT2D eigenvalue weighted by atomic mass is 9.58. The van der Waals surface area contributed by atoms with Gasteiger partial charge < -0.3 is 24.4 Å². The van der Waals surface area contributed by atoms with Crippen molar-refractivity contribution in [3.8, 4) is 0 Å². The Hall–Kier alpha value is -2.23. The molecule has 0 aromatic rings. The van der Waals surface area contributed by atoms with E-state index in [1.54, 1.807) is 13.0 Å². The van der Waals surface area contributed by atoms with Crippen molar-refractivity contribution < 1.29 is 33.9 Å². The second kappa shape index (κ2) is 13.3. The zero-order valence-corrected chi connectivity index (χ0v) is 28.7. The number of nitrogens with two attached hydrogens (primary N) is 2. The summed E-state index contributed by atoms with van der Waals surface area (Å²) in [4.78, 5) is 41.6. The molecule has 4 aliphatic heterocycles. The summed E-state index contributed by atoms with van der Waals surface area (Å²) in [6.45, 7) is 11.9. The molecule has 4 saturated heterocycles. The lowest BCUT2D eigenvalue weighted by Crippen LogP contribution is -2.96. The number of carbonyl (C=O) groups is 3. The fourth-order valence-corrected chi connectivity index (χ4v) is 9.79. The average molecular weight is 641 g/mol. The minimum Gasteiger partial charge on any atom is -0.462 e. The van der Waals surface area contributed by atoms with Gasteiger partial charge in [0.1, 0.15) is 23.5 Å². The number of rotatable bonds is 8. The maximum atomic E-state index is 13.8. The van der Waals surface area contributed by atoms with Crippen molar-refractivity contribution in [1.82, 2.24) is 4.90 Å². The number of esters is 2. The summed E-state index contributed by atoms with van der Waals surface area (Å²) in [5.74, 6) is 1.29. The molecular weight excluding hydrogens is 582 g/mol. The largest absolute Gasteiger partial charge is 0.462 e. The highest BCUT2D eigenvalue weighted by atomic mass is 16.6. The molecule has 0 aromatic heterocycles. The van der Waals surface area contributed by atoms with Gasteiger partial charge in [0.05, 0.1) is 12.6 Å². The maximum absolute atomic E-state index is 13.8. The normalized spacial score (nSPS) is 42.3. The van der Waals surface area contributed by atoms with Crippen LogP contribution in [0.25, 0.3) is 0 Å². The highest BCUT2D eigenvalue weighted by Gasteiger charge is 2.66.